The Morgan fingerprint density at radius 2 is 2.18 bits per heavy atom. The van der Waals surface area contributed by atoms with Crippen molar-refractivity contribution in [1.82, 2.24) is 4.98 Å². The first-order valence-corrected chi connectivity index (χ1v) is 2.95. The summed E-state index contributed by atoms with van der Waals surface area (Å²) >= 11 is 0. The highest BCUT2D eigenvalue weighted by Crippen LogP contribution is 2.19. The number of hydrogen-bond acceptors (Lipinski definition) is 1. The van der Waals surface area contributed by atoms with Gasteiger partial charge in [-0.1, -0.05) is 0 Å². The van der Waals surface area contributed by atoms with E-state index in [1.165, 1.54) is 12.3 Å². The molecule has 1 aromatic rings. The van der Waals surface area contributed by atoms with Crippen LogP contribution in [0.25, 0.3) is 0 Å². The number of pyridine rings is 1. The Morgan fingerprint density at radius 3 is 2.64 bits per heavy atom. The van der Waals surface area contributed by atoms with E-state index in [1.807, 2.05) is 0 Å². The lowest BCUT2D eigenvalue weighted by Crippen LogP contribution is -2.11. The molecule has 1 radical (unpaired) electrons. The molecule has 1 rings (SSSR count). The van der Waals surface area contributed by atoms with Crippen molar-refractivity contribution in [2.24, 2.45) is 0 Å². The van der Waals surface area contributed by atoms with Crippen molar-refractivity contribution in [2.45, 2.75) is 12.6 Å². The van der Waals surface area contributed by atoms with E-state index in [1.54, 1.807) is 0 Å². The smallest absolute Gasteiger partial charge is 0.264 e. The highest BCUT2D eigenvalue weighted by atomic mass is 19.4. The summed E-state index contributed by atoms with van der Waals surface area (Å²) in [4.78, 5) is 3.54. The van der Waals surface area contributed by atoms with Crippen LogP contribution in [0, 0.1) is 6.07 Å². The van der Waals surface area contributed by atoms with Crippen LogP contribution in [0.5, 0.6) is 0 Å². The molecule has 0 atom stereocenters. The number of nitrogens with zero attached hydrogens (tertiary/aromatic N) is 1. The first-order valence-electron chi connectivity index (χ1n) is 2.95. The van der Waals surface area contributed by atoms with Gasteiger partial charge >= 0.3 is 6.18 Å². The molecule has 0 aliphatic heterocycles. The van der Waals surface area contributed by atoms with Crippen molar-refractivity contribution in [3.8, 4) is 0 Å². The van der Waals surface area contributed by atoms with Crippen molar-refractivity contribution in [1.29, 1.82) is 0 Å². The van der Waals surface area contributed by atoms with Gasteiger partial charge in [-0.2, -0.15) is 13.2 Å². The molecule has 0 unspecified atom stereocenters. The molecule has 1 aromatic heterocycles. The van der Waals surface area contributed by atoms with E-state index in [2.05, 4.69) is 11.1 Å². The normalized spacial score (nSPS) is 11.5. The van der Waals surface area contributed by atoms with Gasteiger partial charge in [0.05, 0.1) is 6.42 Å². The summed E-state index contributed by atoms with van der Waals surface area (Å²) in [6.07, 6.45) is -2.58. The summed E-state index contributed by atoms with van der Waals surface area (Å²) < 4.78 is 35.1. The minimum atomic E-state index is -4.17. The maximum absolute atomic E-state index is 11.7. The predicted molar refractivity (Wildman–Crippen MR) is 32.8 cm³/mol. The molecule has 0 amide bonds. The molecule has 0 aliphatic rings. The highest BCUT2D eigenvalue weighted by Gasteiger charge is 2.27. The number of rotatable bonds is 1. The molecule has 0 aromatic carbocycles. The van der Waals surface area contributed by atoms with Crippen LogP contribution in [0.3, 0.4) is 0 Å². The predicted octanol–water partition coefficient (Wildman–Crippen LogP) is 1.99. The first-order chi connectivity index (χ1) is 5.08. The summed E-state index contributed by atoms with van der Waals surface area (Å²) in [5.74, 6) is 0. The highest BCUT2D eigenvalue weighted by molar-refractivity contribution is 5.07. The molecule has 0 fully saturated rings. The minimum Gasteiger partial charge on any atom is -0.264 e. The van der Waals surface area contributed by atoms with Crippen molar-refractivity contribution in [3.05, 3.63) is 30.1 Å². The molecule has 0 saturated heterocycles. The van der Waals surface area contributed by atoms with E-state index in [0.717, 1.165) is 6.20 Å². The van der Waals surface area contributed by atoms with E-state index >= 15 is 0 Å². The second kappa shape index (κ2) is 2.90. The molecule has 1 nitrogen and oxygen atoms in total. The van der Waals surface area contributed by atoms with Gasteiger partial charge in [-0.15, -0.1) is 0 Å². The van der Waals surface area contributed by atoms with Gasteiger partial charge in [-0.3, -0.25) is 4.98 Å². The monoisotopic (exact) mass is 160 g/mol. The van der Waals surface area contributed by atoms with Crippen LogP contribution in [0.15, 0.2) is 18.5 Å². The fourth-order valence-electron chi connectivity index (χ4n) is 0.670. The fraction of sp³-hybridized carbons (Fsp3) is 0.286. The molecule has 0 N–H and O–H groups in total. The van der Waals surface area contributed by atoms with Crippen molar-refractivity contribution in [3.63, 3.8) is 0 Å². The van der Waals surface area contributed by atoms with Crippen LogP contribution in [-0.4, -0.2) is 11.2 Å². The quantitative estimate of drug-likeness (QED) is 0.612. The van der Waals surface area contributed by atoms with Crippen molar-refractivity contribution in [2.75, 3.05) is 0 Å². The summed E-state index contributed by atoms with van der Waals surface area (Å²) in [6, 6.07) is 3.80. The molecule has 11 heavy (non-hydrogen) atoms. The zero-order valence-corrected chi connectivity index (χ0v) is 5.52. The molecule has 0 bridgehead atoms. The number of hydrogen-bond donors (Lipinski definition) is 0. The van der Waals surface area contributed by atoms with Crippen LogP contribution in [0.1, 0.15) is 5.56 Å². The van der Waals surface area contributed by atoms with Gasteiger partial charge in [0, 0.05) is 12.4 Å². The Kier molecular flexibility index (Phi) is 2.12. The summed E-state index contributed by atoms with van der Waals surface area (Å²) in [6.45, 7) is 0. The Balaban J connectivity index is 2.66. The SMILES string of the molecule is FC(F)(F)Cc1[c]ccnc1. The average Bonchev–Trinajstić information content (AvgIpc) is 1.85. The van der Waals surface area contributed by atoms with Crippen molar-refractivity contribution >= 4 is 0 Å². The van der Waals surface area contributed by atoms with Gasteiger partial charge in [0.25, 0.3) is 0 Å². The Morgan fingerprint density at radius 1 is 1.45 bits per heavy atom. The van der Waals surface area contributed by atoms with Crippen LogP contribution in [0.2, 0.25) is 0 Å². The second-order valence-corrected chi connectivity index (χ2v) is 2.06. The fourth-order valence-corrected chi connectivity index (χ4v) is 0.670. The minimum absolute atomic E-state index is 0.0694. The third-order valence-electron chi connectivity index (χ3n) is 1.05. The van der Waals surface area contributed by atoms with E-state index in [-0.39, 0.29) is 5.56 Å². The van der Waals surface area contributed by atoms with E-state index in [0.29, 0.717) is 0 Å². The lowest BCUT2D eigenvalue weighted by atomic mass is 10.2. The summed E-state index contributed by atoms with van der Waals surface area (Å²) in [7, 11) is 0. The van der Waals surface area contributed by atoms with E-state index in [4.69, 9.17) is 0 Å². The standard InChI is InChI=1S/C7H5F3N/c8-7(9,10)4-6-2-1-3-11-5-6/h1,3,5H,4H2. The number of alkyl halides is 3. The van der Waals surface area contributed by atoms with Gasteiger partial charge in [0.15, 0.2) is 0 Å². The molecule has 0 spiro atoms. The Hall–Kier alpha value is -1.06. The Bertz CT molecular complexity index is 217. The summed E-state index contributed by atoms with van der Waals surface area (Å²) in [5.41, 5.74) is 0.0694. The van der Waals surface area contributed by atoms with Crippen molar-refractivity contribution < 1.29 is 13.2 Å². The molecule has 0 saturated carbocycles. The lowest BCUT2D eigenvalue weighted by Gasteiger charge is -2.03. The maximum Gasteiger partial charge on any atom is 0.393 e. The third kappa shape index (κ3) is 3.02. The number of aromatic nitrogens is 1. The van der Waals surface area contributed by atoms with E-state index in [9.17, 15) is 13.2 Å². The van der Waals surface area contributed by atoms with E-state index < -0.39 is 12.6 Å². The van der Waals surface area contributed by atoms with Crippen LogP contribution in [0.4, 0.5) is 13.2 Å². The molecule has 4 heteroatoms. The topological polar surface area (TPSA) is 12.9 Å². The van der Waals surface area contributed by atoms with Gasteiger partial charge in [0.2, 0.25) is 0 Å². The first kappa shape index (κ1) is 8.04. The molecule has 59 valence electrons. The molecular weight excluding hydrogens is 155 g/mol. The number of halogens is 3. The Labute approximate surface area is 61.9 Å². The molecular formula is C7H5F3N. The molecule has 1 heterocycles. The van der Waals surface area contributed by atoms with Crippen LogP contribution >= 0.6 is 0 Å². The third-order valence-corrected chi connectivity index (χ3v) is 1.05. The van der Waals surface area contributed by atoms with Gasteiger partial charge in [-0.25, -0.2) is 0 Å². The molecule has 0 aliphatic carbocycles. The van der Waals surface area contributed by atoms with Gasteiger partial charge in [-0.05, 0) is 17.7 Å². The zero-order valence-electron chi connectivity index (χ0n) is 5.52. The second-order valence-electron chi connectivity index (χ2n) is 2.06. The van der Waals surface area contributed by atoms with Gasteiger partial charge < -0.3 is 0 Å². The zero-order chi connectivity index (χ0) is 8.32. The van der Waals surface area contributed by atoms with Crippen LogP contribution < -0.4 is 0 Å². The average molecular weight is 160 g/mol. The largest absolute Gasteiger partial charge is 0.393 e. The van der Waals surface area contributed by atoms with Crippen LogP contribution in [-0.2, 0) is 6.42 Å². The summed E-state index contributed by atoms with van der Waals surface area (Å²) in [5, 5.41) is 0. The maximum atomic E-state index is 11.7. The lowest BCUT2D eigenvalue weighted by molar-refractivity contribution is -0.127. The van der Waals surface area contributed by atoms with Gasteiger partial charge in [0.1, 0.15) is 0 Å².